The predicted molar refractivity (Wildman–Crippen MR) is 128 cm³/mol. The molecular weight excluding hydrogens is 578 g/mol. The first kappa shape index (κ1) is 21.5. The first-order valence-corrected chi connectivity index (χ1v) is 11.8. The lowest BCUT2D eigenvalue weighted by Gasteiger charge is -2.29. The monoisotopic (exact) mass is 602 g/mol. The van der Waals surface area contributed by atoms with Crippen molar-refractivity contribution in [1.29, 1.82) is 0 Å². The molecule has 1 aliphatic carbocycles. The lowest BCUT2D eigenvalue weighted by Crippen LogP contribution is -2.36. The third-order valence-corrected chi connectivity index (χ3v) is 7.11. The number of benzene rings is 2. The van der Waals surface area contributed by atoms with Crippen molar-refractivity contribution in [3.05, 3.63) is 66.8 Å². The average molecular weight is 602 g/mol. The Kier molecular flexibility index (Phi) is 8.13. The van der Waals surface area contributed by atoms with Gasteiger partial charge in [0.15, 0.2) is 0 Å². The smallest absolute Gasteiger partial charge is 0.252 e. The van der Waals surface area contributed by atoms with E-state index in [4.69, 9.17) is 0 Å². The van der Waals surface area contributed by atoms with Gasteiger partial charge in [-0.2, -0.15) is 0 Å². The Balaban J connectivity index is 1.46. The summed E-state index contributed by atoms with van der Waals surface area (Å²) in [6.07, 6.45) is 4.45. The number of hydrogen-bond acceptors (Lipinski definition) is 2. The van der Waals surface area contributed by atoms with E-state index in [0.29, 0.717) is 24.9 Å². The van der Waals surface area contributed by atoms with Crippen LogP contribution in [0.4, 0.5) is 0 Å². The van der Waals surface area contributed by atoms with Gasteiger partial charge in [-0.25, -0.2) is 0 Å². The van der Waals surface area contributed by atoms with Crippen LogP contribution in [0.3, 0.4) is 0 Å². The normalized spacial score (nSPS) is 19.1. The molecule has 2 aromatic rings. The standard InChI is InChI=1S/C22H24I2N2O2/c23-19-10-3-1-8-17(19)21(27)25-13-15-6-5-7-16(12-15)14-26-22(28)18-9-2-4-11-20(18)24/h1-4,8-11,15-16H,5-7,12-14H2,(H,25,27)(H,26,28)/t15-,16-/m0/s1. The number of amides is 2. The topological polar surface area (TPSA) is 58.2 Å². The van der Waals surface area contributed by atoms with E-state index in [2.05, 4.69) is 55.8 Å². The van der Waals surface area contributed by atoms with Gasteiger partial charge in [-0.1, -0.05) is 30.7 Å². The maximum Gasteiger partial charge on any atom is 0.252 e. The van der Waals surface area contributed by atoms with Gasteiger partial charge in [0.2, 0.25) is 0 Å². The van der Waals surface area contributed by atoms with E-state index in [1.54, 1.807) is 0 Å². The second-order valence-corrected chi connectivity index (χ2v) is 9.60. The van der Waals surface area contributed by atoms with Crippen LogP contribution in [0.25, 0.3) is 0 Å². The Morgan fingerprint density at radius 3 is 1.64 bits per heavy atom. The van der Waals surface area contributed by atoms with Gasteiger partial charge < -0.3 is 10.6 Å². The Morgan fingerprint density at radius 2 is 1.21 bits per heavy atom. The van der Waals surface area contributed by atoms with Crippen molar-refractivity contribution in [2.24, 2.45) is 11.8 Å². The molecule has 0 aliphatic heterocycles. The molecule has 1 aliphatic rings. The van der Waals surface area contributed by atoms with Gasteiger partial charge in [0.1, 0.15) is 0 Å². The van der Waals surface area contributed by atoms with Crippen LogP contribution in [0, 0.1) is 19.0 Å². The summed E-state index contributed by atoms with van der Waals surface area (Å²) in [6, 6.07) is 15.3. The summed E-state index contributed by atoms with van der Waals surface area (Å²) >= 11 is 4.39. The van der Waals surface area contributed by atoms with Gasteiger partial charge in [0, 0.05) is 20.2 Å². The fraction of sp³-hybridized carbons (Fsp3) is 0.364. The molecule has 148 valence electrons. The van der Waals surface area contributed by atoms with Gasteiger partial charge in [-0.15, -0.1) is 0 Å². The van der Waals surface area contributed by atoms with Crippen LogP contribution >= 0.6 is 45.2 Å². The van der Waals surface area contributed by atoms with Crippen molar-refractivity contribution in [3.63, 3.8) is 0 Å². The van der Waals surface area contributed by atoms with E-state index < -0.39 is 0 Å². The third-order valence-electron chi connectivity index (χ3n) is 5.23. The maximum absolute atomic E-state index is 12.4. The van der Waals surface area contributed by atoms with Gasteiger partial charge >= 0.3 is 0 Å². The summed E-state index contributed by atoms with van der Waals surface area (Å²) in [4.78, 5) is 24.8. The van der Waals surface area contributed by atoms with Crippen LogP contribution in [0.2, 0.25) is 0 Å². The molecule has 6 heteroatoms. The molecule has 0 aromatic heterocycles. The van der Waals surface area contributed by atoms with E-state index in [-0.39, 0.29) is 11.8 Å². The Labute approximate surface area is 193 Å². The first-order chi connectivity index (χ1) is 13.5. The van der Waals surface area contributed by atoms with E-state index >= 15 is 0 Å². The predicted octanol–water partition coefficient (Wildman–Crippen LogP) is 4.86. The molecule has 0 unspecified atom stereocenters. The fourth-order valence-corrected chi connectivity index (χ4v) is 4.99. The van der Waals surface area contributed by atoms with Crippen LogP contribution in [-0.2, 0) is 0 Å². The molecule has 2 N–H and O–H groups in total. The molecule has 2 atom stereocenters. The van der Waals surface area contributed by atoms with Crippen molar-refractivity contribution in [2.45, 2.75) is 25.7 Å². The van der Waals surface area contributed by atoms with Crippen molar-refractivity contribution in [2.75, 3.05) is 13.1 Å². The molecule has 4 nitrogen and oxygen atoms in total. The largest absolute Gasteiger partial charge is 0.352 e. The number of halogens is 2. The summed E-state index contributed by atoms with van der Waals surface area (Å²) in [6.45, 7) is 1.40. The van der Waals surface area contributed by atoms with Gasteiger partial charge in [-0.3, -0.25) is 9.59 Å². The van der Waals surface area contributed by atoms with Crippen molar-refractivity contribution >= 4 is 57.0 Å². The molecule has 0 saturated heterocycles. The van der Waals surface area contributed by atoms with Gasteiger partial charge in [-0.05, 0) is 101 Å². The molecule has 3 rings (SSSR count). The number of carbonyl (C=O) groups is 2. The number of nitrogens with one attached hydrogen (secondary N) is 2. The van der Waals surface area contributed by atoms with Crippen LogP contribution in [0.1, 0.15) is 46.4 Å². The molecule has 2 amide bonds. The zero-order chi connectivity index (χ0) is 19.9. The molecule has 28 heavy (non-hydrogen) atoms. The Morgan fingerprint density at radius 1 is 0.786 bits per heavy atom. The molecule has 0 bridgehead atoms. The summed E-state index contributed by atoms with van der Waals surface area (Å²) in [7, 11) is 0. The Hall–Kier alpha value is -1.16. The van der Waals surface area contributed by atoms with Crippen LogP contribution in [0.5, 0.6) is 0 Å². The molecule has 2 aromatic carbocycles. The van der Waals surface area contributed by atoms with E-state index in [0.717, 1.165) is 44.0 Å². The Bertz CT molecular complexity index is 773. The summed E-state index contributed by atoms with van der Waals surface area (Å²) in [5.41, 5.74) is 1.47. The highest BCUT2D eigenvalue weighted by molar-refractivity contribution is 14.1. The van der Waals surface area contributed by atoms with Crippen LogP contribution in [0.15, 0.2) is 48.5 Å². The minimum atomic E-state index is -0.000853. The minimum absolute atomic E-state index is 0.000853. The van der Waals surface area contributed by atoms with E-state index in [1.807, 2.05) is 48.5 Å². The average Bonchev–Trinajstić information content (AvgIpc) is 2.71. The SMILES string of the molecule is O=C(NC[C@H]1CCC[C@H](CNC(=O)c2ccccc2I)C1)c1ccccc1I. The second kappa shape index (κ2) is 10.6. The summed E-state index contributed by atoms with van der Waals surface area (Å²) < 4.78 is 1.94. The maximum atomic E-state index is 12.4. The molecule has 1 fully saturated rings. The van der Waals surface area contributed by atoms with E-state index in [9.17, 15) is 9.59 Å². The minimum Gasteiger partial charge on any atom is -0.352 e. The third kappa shape index (κ3) is 5.92. The highest BCUT2D eigenvalue weighted by Crippen LogP contribution is 2.28. The fourth-order valence-electron chi connectivity index (χ4n) is 3.73. The zero-order valence-corrected chi connectivity index (χ0v) is 19.9. The quantitative estimate of drug-likeness (QED) is 0.465. The number of rotatable bonds is 6. The lowest BCUT2D eigenvalue weighted by molar-refractivity contribution is 0.0934. The summed E-state index contributed by atoms with van der Waals surface area (Å²) in [5.74, 6) is 0.939. The van der Waals surface area contributed by atoms with Crippen molar-refractivity contribution < 1.29 is 9.59 Å². The van der Waals surface area contributed by atoms with Crippen molar-refractivity contribution in [1.82, 2.24) is 10.6 Å². The summed E-state index contributed by atoms with van der Waals surface area (Å²) in [5, 5.41) is 6.19. The highest BCUT2D eigenvalue weighted by atomic mass is 127. The molecular formula is C22H24I2N2O2. The second-order valence-electron chi connectivity index (χ2n) is 7.28. The lowest BCUT2D eigenvalue weighted by atomic mass is 9.81. The van der Waals surface area contributed by atoms with Gasteiger partial charge in [0.25, 0.3) is 11.8 Å². The highest BCUT2D eigenvalue weighted by Gasteiger charge is 2.23. The first-order valence-electron chi connectivity index (χ1n) is 9.60. The van der Waals surface area contributed by atoms with Gasteiger partial charge in [0.05, 0.1) is 11.1 Å². The molecule has 0 spiro atoms. The van der Waals surface area contributed by atoms with Crippen molar-refractivity contribution in [3.8, 4) is 0 Å². The van der Waals surface area contributed by atoms with E-state index in [1.165, 1.54) is 0 Å². The molecule has 0 radical (unpaired) electrons. The number of carbonyl (C=O) groups excluding carboxylic acids is 2. The zero-order valence-electron chi connectivity index (χ0n) is 15.6. The molecule has 1 saturated carbocycles. The van der Waals surface area contributed by atoms with Crippen LogP contribution < -0.4 is 10.6 Å². The molecule has 0 heterocycles. The van der Waals surface area contributed by atoms with Crippen LogP contribution in [-0.4, -0.2) is 24.9 Å². The number of hydrogen-bond donors (Lipinski definition) is 2.